The second kappa shape index (κ2) is 7.24. The lowest BCUT2D eigenvalue weighted by Gasteiger charge is -2.10. The summed E-state index contributed by atoms with van der Waals surface area (Å²) in [6.07, 6.45) is 4.40. The van der Waals surface area contributed by atoms with Crippen molar-refractivity contribution in [2.24, 2.45) is 5.73 Å². The molecule has 7 heteroatoms. The lowest BCUT2D eigenvalue weighted by Crippen LogP contribution is -2.14. The summed E-state index contributed by atoms with van der Waals surface area (Å²) in [5.41, 5.74) is 7.17. The number of pyridine rings is 1. The average molecular weight is 316 g/mol. The molecular weight excluding hydrogens is 302 g/mol. The normalized spacial score (nSPS) is 10.4. The monoisotopic (exact) mass is 315 g/mol. The number of anilines is 3. The van der Waals surface area contributed by atoms with Crippen molar-refractivity contribution in [2.45, 2.75) is 0 Å². The van der Waals surface area contributed by atoms with Gasteiger partial charge < -0.3 is 21.8 Å². The predicted molar refractivity (Wildman–Crippen MR) is 89.0 cm³/mol. The zero-order valence-electron chi connectivity index (χ0n) is 11.5. The maximum absolute atomic E-state index is 11.4. The van der Waals surface area contributed by atoms with E-state index in [0.717, 1.165) is 11.4 Å². The number of benzene rings is 1. The van der Waals surface area contributed by atoms with Gasteiger partial charge in [-0.2, -0.15) is 0 Å². The maximum Gasteiger partial charge on any atom is 0.252 e. The molecule has 2 aromatic rings. The maximum atomic E-state index is 11.4. The third-order valence-corrected chi connectivity index (χ3v) is 2.93. The molecule has 0 spiro atoms. The van der Waals surface area contributed by atoms with Crippen molar-refractivity contribution in [2.75, 3.05) is 10.6 Å². The molecule has 0 aliphatic carbocycles. The summed E-state index contributed by atoms with van der Waals surface area (Å²) >= 11 is 5.84. The second-order valence-electron chi connectivity index (χ2n) is 4.27. The van der Waals surface area contributed by atoms with Crippen molar-refractivity contribution in [3.8, 4) is 0 Å². The van der Waals surface area contributed by atoms with Crippen molar-refractivity contribution in [1.29, 1.82) is 5.41 Å². The Hall–Kier alpha value is -2.86. The molecule has 0 unspecified atom stereocenters. The smallest absolute Gasteiger partial charge is 0.252 e. The molecule has 6 nitrogen and oxygen atoms in total. The molecule has 1 heterocycles. The number of aromatic nitrogens is 1. The van der Waals surface area contributed by atoms with Gasteiger partial charge in [0.25, 0.3) is 5.91 Å². The largest absolute Gasteiger partial charge is 0.365 e. The number of rotatable bonds is 6. The van der Waals surface area contributed by atoms with Crippen LogP contribution < -0.4 is 16.4 Å². The zero-order valence-corrected chi connectivity index (χ0v) is 12.3. The lowest BCUT2D eigenvalue weighted by molar-refractivity contribution is 0.100. The van der Waals surface area contributed by atoms with Gasteiger partial charge in [0, 0.05) is 23.8 Å². The fraction of sp³-hybridized carbons (Fsp3) is 0. The molecule has 1 amide bonds. The minimum atomic E-state index is -0.582. The molecular formula is C15H14ClN5O. The molecule has 0 radical (unpaired) electrons. The molecule has 0 aliphatic rings. The Morgan fingerprint density at radius 3 is 2.50 bits per heavy atom. The molecule has 0 saturated carbocycles. The molecule has 112 valence electrons. The van der Waals surface area contributed by atoms with Crippen LogP contribution in [0.4, 0.5) is 17.2 Å². The Labute approximate surface area is 132 Å². The molecule has 0 bridgehead atoms. The quantitative estimate of drug-likeness (QED) is 0.485. The van der Waals surface area contributed by atoms with Crippen LogP contribution in [0.25, 0.3) is 0 Å². The van der Waals surface area contributed by atoms with E-state index < -0.39 is 5.91 Å². The van der Waals surface area contributed by atoms with E-state index in [-0.39, 0.29) is 10.7 Å². The number of carbonyl (C=O) groups excluding carboxylic acids is 1. The first-order valence-electron chi connectivity index (χ1n) is 6.36. The number of nitrogens with zero attached hydrogens (tertiary/aromatic N) is 1. The first-order valence-corrected chi connectivity index (χ1v) is 6.73. The van der Waals surface area contributed by atoms with Crippen molar-refractivity contribution < 1.29 is 4.79 Å². The van der Waals surface area contributed by atoms with Crippen molar-refractivity contribution in [3.05, 3.63) is 59.4 Å². The van der Waals surface area contributed by atoms with Crippen LogP contribution in [0.3, 0.4) is 0 Å². The number of carbonyl (C=O) groups is 1. The van der Waals surface area contributed by atoms with Gasteiger partial charge in [-0.25, -0.2) is 4.98 Å². The zero-order chi connectivity index (χ0) is 15.9. The second-order valence-corrected chi connectivity index (χ2v) is 4.65. The van der Waals surface area contributed by atoms with Crippen molar-refractivity contribution in [1.82, 2.24) is 4.98 Å². The topological polar surface area (TPSA) is 104 Å². The minimum Gasteiger partial charge on any atom is -0.365 e. The van der Waals surface area contributed by atoms with Gasteiger partial charge in [0.2, 0.25) is 0 Å². The number of primary amides is 1. The molecule has 0 aliphatic heterocycles. The Balaban J connectivity index is 2.17. The van der Waals surface area contributed by atoms with E-state index in [1.165, 1.54) is 18.3 Å². The number of hydrogen-bond acceptors (Lipinski definition) is 5. The predicted octanol–water partition coefficient (Wildman–Crippen LogP) is 3.15. The van der Waals surface area contributed by atoms with Crippen LogP contribution >= 0.6 is 11.6 Å². The third-order valence-electron chi connectivity index (χ3n) is 2.72. The number of hydrogen-bond donors (Lipinski definition) is 4. The molecule has 22 heavy (non-hydrogen) atoms. The molecule has 2 rings (SSSR count). The number of allylic oxidation sites excluding steroid dienone is 1. The van der Waals surface area contributed by atoms with Crippen LogP contribution in [0.15, 0.2) is 48.7 Å². The molecule has 0 fully saturated rings. The van der Waals surface area contributed by atoms with Crippen molar-refractivity contribution in [3.63, 3.8) is 0 Å². The van der Waals surface area contributed by atoms with Gasteiger partial charge in [0.1, 0.15) is 11.0 Å². The van der Waals surface area contributed by atoms with Gasteiger partial charge >= 0.3 is 0 Å². The van der Waals surface area contributed by atoms with E-state index in [1.54, 1.807) is 12.3 Å². The number of nitrogens with two attached hydrogens (primary N) is 1. The van der Waals surface area contributed by atoms with Crippen molar-refractivity contribution >= 4 is 40.9 Å². The van der Waals surface area contributed by atoms with Gasteiger partial charge in [-0.1, -0.05) is 11.6 Å². The van der Waals surface area contributed by atoms with Gasteiger partial charge in [0.15, 0.2) is 0 Å². The van der Waals surface area contributed by atoms with Crippen LogP contribution in [0.1, 0.15) is 10.4 Å². The summed E-state index contributed by atoms with van der Waals surface area (Å²) in [4.78, 5) is 15.5. The Kier molecular flexibility index (Phi) is 5.11. The highest BCUT2D eigenvalue weighted by atomic mass is 35.5. The van der Waals surface area contributed by atoms with E-state index in [2.05, 4.69) is 15.6 Å². The standard InChI is InChI=1S/C15H14ClN5O/c16-13-7-6-12(14(18)22)15(21-13)20-11-4-2-10(3-5-11)19-9-1-8-17/h1-9,17,19H,(H2,18,22)(H,20,21)/b9-1-,17-8?. The summed E-state index contributed by atoms with van der Waals surface area (Å²) < 4.78 is 0. The summed E-state index contributed by atoms with van der Waals surface area (Å²) in [5.74, 6) is -0.272. The van der Waals surface area contributed by atoms with Crippen LogP contribution in [0.2, 0.25) is 5.15 Å². The number of nitrogens with one attached hydrogen (secondary N) is 3. The number of amides is 1. The van der Waals surface area contributed by atoms with Gasteiger partial charge in [-0.05, 0) is 42.5 Å². The average Bonchev–Trinajstić information content (AvgIpc) is 2.49. The molecule has 1 aromatic carbocycles. The van der Waals surface area contributed by atoms with Crippen LogP contribution in [0.5, 0.6) is 0 Å². The number of halogens is 1. The highest BCUT2D eigenvalue weighted by molar-refractivity contribution is 6.29. The van der Waals surface area contributed by atoms with Crippen LogP contribution in [0, 0.1) is 5.41 Å². The highest BCUT2D eigenvalue weighted by Crippen LogP contribution is 2.22. The summed E-state index contributed by atoms with van der Waals surface area (Å²) in [6, 6.07) is 10.3. The first-order chi connectivity index (χ1) is 10.6. The fourth-order valence-corrected chi connectivity index (χ4v) is 1.86. The molecule has 1 aromatic heterocycles. The fourth-order valence-electron chi connectivity index (χ4n) is 1.71. The van der Waals surface area contributed by atoms with Crippen LogP contribution in [-0.4, -0.2) is 17.1 Å². The molecule has 0 atom stereocenters. The van der Waals surface area contributed by atoms with Gasteiger partial charge in [-0.15, -0.1) is 0 Å². The highest BCUT2D eigenvalue weighted by Gasteiger charge is 2.10. The molecule has 0 saturated heterocycles. The van der Waals surface area contributed by atoms with E-state index >= 15 is 0 Å². The Morgan fingerprint density at radius 2 is 1.86 bits per heavy atom. The third kappa shape index (κ3) is 4.07. The SMILES string of the molecule is N=C/C=C\Nc1ccc(Nc2nc(Cl)ccc2C(N)=O)cc1. The first kappa shape index (κ1) is 15.5. The lowest BCUT2D eigenvalue weighted by atomic mass is 10.2. The van der Waals surface area contributed by atoms with Crippen LogP contribution in [-0.2, 0) is 0 Å². The van der Waals surface area contributed by atoms with Gasteiger partial charge in [-0.3, -0.25) is 4.79 Å². The Bertz CT molecular complexity index is 712. The summed E-state index contributed by atoms with van der Waals surface area (Å²) in [7, 11) is 0. The van der Waals surface area contributed by atoms with E-state index in [4.69, 9.17) is 22.7 Å². The minimum absolute atomic E-state index is 0.264. The van der Waals surface area contributed by atoms with E-state index in [1.807, 2.05) is 24.3 Å². The van der Waals surface area contributed by atoms with E-state index in [9.17, 15) is 4.79 Å². The summed E-state index contributed by atoms with van der Waals surface area (Å²) in [5, 5.41) is 13.2. The van der Waals surface area contributed by atoms with E-state index in [0.29, 0.717) is 5.82 Å². The Morgan fingerprint density at radius 1 is 1.18 bits per heavy atom. The van der Waals surface area contributed by atoms with Gasteiger partial charge in [0.05, 0.1) is 5.56 Å². The molecule has 5 N–H and O–H groups in total. The summed E-state index contributed by atoms with van der Waals surface area (Å²) in [6.45, 7) is 0.